The molecule has 338 valence electrons. The molecule has 17 heteroatoms. The van der Waals surface area contributed by atoms with Crippen LogP contribution in [0.3, 0.4) is 0 Å². The summed E-state index contributed by atoms with van der Waals surface area (Å²) in [6.45, 7) is 7.32. The molecule has 13 nitrogen and oxygen atoms in total. The van der Waals surface area contributed by atoms with Crippen molar-refractivity contribution in [1.82, 2.24) is 20.1 Å². The van der Waals surface area contributed by atoms with E-state index in [4.69, 9.17) is 14.5 Å². The second kappa shape index (κ2) is 20.2. The van der Waals surface area contributed by atoms with E-state index in [-0.39, 0.29) is 47.5 Å². The fraction of sp³-hybridized carbons (Fsp3) is 0.500. The summed E-state index contributed by atoms with van der Waals surface area (Å²) in [4.78, 5) is 52.9. The number of pyridine rings is 1. The van der Waals surface area contributed by atoms with Gasteiger partial charge in [-0.3, -0.25) is 14.6 Å². The van der Waals surface area contributed by atoms with E-state index in [1.807, 2.05) is 18.0 Å². The highest BCUT2D eigenvalue weighted by molar-refractivity contribution is 5.96. The number of aliphatic imine (C=N–C) groups is 1. The van der Waals surface area contributed by atoms with Gasteiger partial charge in [0.05, 0.1) is 25.0 Å². The van der Waals surface area contributed by atoms with Crippen LogP contribution in [-0.4, -0.2) is 110 Å². The van der Waals surface area contributed by atoms with Crippen LogP contribution >= 0.6 is 0 Å². The highest BCUT2D eigenvalue weighted by Crippen LogP contribution is 2.39. The summed E-state index contributed by atoms with van der Waals surface area (Å²) in [7, 11) is 1.28. The van der Waals surface area contributed by atoms with Gasteiger partial charge in [0.2, 0.25) is 12.3 Å². The van der Waals surface area contributed by atoms with Crippen LogP contribution in [0.4, 0.5) is 33.9 Å². The van der Waals surface area contributed by atoms with Gasteiger partial charge in [0.25, 0.3) is 0 Å². The summed E-state index contributed by atoms with van der Waals surface area (Å²) in [5.74, 6) is -1.35. The summed E-state index contributed by atoms with van der Waals surface area (Å²) in [6, 6.07) is 12.4. The van der Waals surface area contributed by atoms with Gasteiger partial charge in [-0.05, 0) is 92.5 Å². The summed E-state index contributed by atoms with van der Waals surface area (Å²) in [5, 5.41) is 5.85. The number of amides is 3. The lowest BCUT2D eigenvalue weighted by atomic mass is 9.90. The van der Waals surface area contributed by atoms with Crippen LogP contribution in [0.25, 0.3) is 16.7 Å². The monoisotopic (exact) mass is 877 g/mol. The number of halogens is 4. The third-order valence-corrected chi connectivity index (χ3v) is 12.5. The number of likely N-dealkylation sites (tertiary alicyclic amines) is 1. The Morgan fingerprint density at radius 1 is 0.984 bits per heavy atom. The summed E-state index contributed by atoms with van der Waals surface area (Å²) < 4.78 is 72.0. The highest BCUT2D eigenvalue weighted by Gasteiger charge is 2.42. The average Bonchev–Trinajstić information content (AvgIpc) is 3.66. The maximum Gasteiger partial charge on any atom is 0.573 e. The lowest BCUT2D eigenvalue weighted by Crippen LogP contribution is -2.55. The van der Waals surface area contributed by atoms with Crippen molar-refractivity contribution in [1.29, 1.82) is 0 Å². The molecule has 5 heterocycles. The Morgan fingerprint density at radius 3 is 2.41 bits per heavy atom. The Hall–Kier alpha value is -5.71. The molecule has 0 aliphatic carbocycles. The van der Waals surface area contributed by atoms with Gasteiger partial charge in [0.15, 0.2) is 11.6 Å². The quantitative estimate of drug-likeness (QED) is 0.138. The normalized spacial score (nSPS) is 22.5. The molecule has 4 atom stereocenters. The number of methoxy groups -OCH3 is 1. The molecule has 63 heavy (non-hydrogen) atoms. The molecular formula is C46H55F4N7O6. The molecule has 4 unspecified atom stereocenters. The first-order valence-corrected chi connectivity index (χ1v) is 21.6. The van der Waals surface area contributed by atoms with Crippen molar-refractivity contribution in [3.8, 4) is 16.9 Å². The molecule has 4 aliphatic rings. The molecule has 0 radical (unpaired) electrons. The minimum absolute atomic E-state index is 0.0265. The second-order valence-corrected chi connectivity index (χ2v) is 16.8. The van der Waals surface area contributed by atoms with E-state index in [1.54, 1.807) is 47.5 Å². The zero-order chi connectivity index (χ0) is 44.7. The Morgan fingerprint density at radius 2 is 1.73 bits per heavy atom. The van der Waals surface area contributed by atoms with E-state index in [9.17, 15) is 27.6 Å². The van der Waals surface area contributed by atoms with Gasteiger partial charge in [0, 0.05) is 75.0 Å². The summed E-state index contributed by atoms with van der Waals surface area (Å²) in [5.41, 5.74) is 3.43. The molecule has 2 N–H and O–H groups in total. The second-order valence-electron chi connectivity index (χ2n) is 16.8. The molecule has 4 aliphatic heterocycles. The molecule has 0 spiro atoms. The predicted octanol–water partition coefficient (Wildman–Crippen LogP) is 7.81. The van der Waals surface area contributed by atoms with Gasteiger partial charge >= 0.3 is 12.5 Å². The first kappa shape index (κ1) is 45.3. The molecule has 7 rings (SSSR count). The Labute approximate surface area is 364 Å². The topological polar surface area (TPSA) is 138 Å². The fourth-order valence-corrected chi connectivity index (χ4v) is 9.10. The van der Waals surface area contributed by atoms with Crippen molar-refractivity contribution >= 4 is 41.2 Å². The SMILES string of the molecule is COC(=O)NC(C(=O)N1CC(C)CC1C1=N/C=C(/c2ccc(-c3ccc(CNc4ccc(N5CCN(C=O)CC5C)nc4)c(F)c3OC(F)(F)F)cc2)CCCC1)C1CCOCC1. The Balaban J connectivity index is 1.07. The van der Waals surface area contributed by atoms with Gasteiger partial charge in [-0.15, -0.1) is 13.2 Å². The van der Waals surface area contributed by atoms with Crippen molar-refractivity contribution < 1.29 is 46.2 Å². The van der Waals surface area contributed by atoms with E-state index < -0.39 is 30.1 Å². The molecule has 3 amide bonds. The molecule has 0 bridgehead atoms. The van der Waals surface area contributed by atoms with Crippen LogP contribution in [0, 0.1) is 17.7 Å². The van der Waals surface area contributed by atoms with Gasteiger partial charge in [-0.25, -0.2) is 14.2 Å². The predicted molar refractivity (Wildman–Crippen MR) is 231 cm³/mol. The first-order chi connectivity index (χ1) is 30.3. The number of hydrogen-bond donors (Lipinski definition) is 2. The summed E-state index contributed by atoms with van der Waals surface area (Å²) >= 11 is 0. The van der Waals surface area contributed by atoms with Crippen molar-refractivity contribution in [3.05, 3.63) is 77.9 Å². The number of hydrogen-bond acceptors (Lipinski definition) is 10. The minimum Gasteiger partial charge on any atom is -0.453 e. The smallest absolute Gasteiger partial charge is 0.453 e. The largest absolute Gasteiger partial charge is 0.573 e. The molecule has 3 saturated heterocycles. The zero-order valence-corrected chi connectivity index (χ0v) is 35.8. The van der Waals surface area contributed by atoms with Crippen molar-refractivity contribution in [2.24, 2.45) is 16.8 Å². The van der Waals surface area contributed by atoms with Crippen molar-refractivity contribution in [3.63, 3.8) is 0 Å². The number of aromatic nitrogens is 1. The van der Waals surface area contributed by atoms with E-state index in [0.717, 1.165) is 48.3 Å². The molecule has 3 aromatic rings. The van der Waals surface area contributed by atoms with Gasteiger partial charge < -0.3 is 39.5 Å². The van der Waals surface area contributed by atoms with Crippen LogP contribution in [0.2, 0.25) is 0 Å². The van der Waals surface area contributed by atoms with Gasteiger partial charge in [0.1, 0.15) is 11.9 Å². The molecular weight excluding hydrogens is 823 g/mol. The molecule has 0 saturated carbocycles. The van der Waals surface area contributed by atoms with E-state index in [0.29, 0.717) is 76.3 Å². The number of carbonyl (C=O) groups excluding carboxylic acids is 3. The maximum atomic E-state index is 16.0. The fourth-order valence-electron chi connectivity index (χ4n) is 9.10. The first-order valence-electron chi connectivity index (χ1n) is 21.6. The van der Waals surface area contributed by atoms with Crippen LogP contribution < -0.4 is 20.3 Å². The number of alkyl carbamates (subject to hydrolysis) is 1. The minimum atomic E-state index is -5.14. The highest BCUT2D eigenvalue weighted by atomic mass is 19.4. The number of ether oxygens (including phenoxy) is 3. The number of alkyl halides is 3. The standard InChI is InChI=1S/C46H55F4N7O6/c1-29-22-39(57(26-29)44(59)42(54-45(60)61-3)33-16-20-62-21-17-33)38-7-5-4-6-34(23-52-38)31-8-10-32(11-9-31)37-14-12-35(41(47)43(37)63-46(48,49)50)24-51-36-13-15-40(53-25-36)56-19-18-55(28-58)27-30(56)2/h8-15,23,25,28-30,33,39,42,51H,4-7,16-22,24,26-27H2,1-3H3,(H,54,60)/b34-23+,52-38?. The van der Waals surface area contributed by atoms with Crippen LogP contribution in [0.1, 0.15) is 69.9 Å². The number of piperazine rings is 1. The van der Waals surface area contributed by atoms with Gasteiger partial charge in [-0.1, -0.05) is 43.3 Å². The third kappa shape index (κ3) is 11.1. The number of carbonyl (C=O) groups is 3. The Bertz CT molecular complexity index is 2150. The van der Waals surface area contributed by atoms with E-state index in [2.05, 4.69) is 32.2 Å². The molecule has 2 aromatic carbocycles. The summed E-state index contributed by atoms with van der Waals surface area (Å²) in [6.07, 6.45) is 3.57. The van der Waals surface area contributed by atoms with Crippen LogP contribution in [-0.2, 0) is 25.6 Å². The van der Waals surface area contributed by atoms with E-state index >= 15 is 4.39 Å². The lowest BCUT2D eigenvalue weighted by molar-refractivity contribution is -0.275. The molecule has 3 fully saturated rings. The van der Waals surface area contributed by atoms with Crippen molar-refractivity contribution in [2.45, 2.75) is 89.8 Å². The van der Waals surface area contributed by atoms with Crippen molar-refractivity contribution in [2.75, 3.05) is 56.7 Å². The maximum absolute atomic E-state index is 16.0. The molecule has 1 aromatic heterocycles. The zero-order valence-electron chi connectivity index (χ0n) is 35.8. The Kier molecular flexibility index (Phi) is 14.5. The van der Waals surface area contributed by atoms with Crippen LogP contribution in [0.5, 0.6) is 5.75 Å². The number of anilines is 2. The number of allylic oxidation sites excluding steroid dienone is 1. The van der Waals surface area contributed by atoms with E-state index in [1.165, 1.54) is 19.2 Å². The number of nitrogens with zero attached hydrogens (tertiary/aromatic N) is 5. The third-order valence-electron chi connectivity index (χ3n) is 12.5. The number of rotatable bonds is 12. The van der Waals surface area contributed by atoms with Gasteiger partial charge in [-0.2, -0.15) is 0 Å². The lowest BCUT2D eigenvalue weighted by Gasteiger charge is -2.39. The average molecular weight is 878 g/mol. The van der Waals surface area contributed by atoms with Crippen LogP contribution in [0.15, 0.2) is 65.9 Å². The number of benzene rings is 2. The number of nitrogens with one attached hydrogen (secondary N) is 2.